The molecule has 2 N–H and O–H groups in total. The van der Waals surface area contributed by atoms with Gasteiger partial charge in [-0.25, -0.2) is 9.79 Å². The summed E-state index contributed by atoms with van der Waals surface area (Å²) < 4.78 is 38.4. The number of carbonyl (C=O) groups excluding carboxylic acids is 1. The van der Waals surface area contributed by atoms with Gasteiger partial charge in [0.25, 0.3) is 0 Å². The summed E-state index contributed by atoms with van der Waals surface area (Å²) >= 11 is 0. The minimum absolute atomic E-state index is 0.110. The monoisotopic (exact) mass is 491 g/mol. The number of rotatable bonds is 6. The molecule has 0 unspecified atom stereocenters. The van der Waals surface area contributed by atoms with Gasteiger partial charge in [0.05, 0.1) is 12.1 Å². The van der Waals surface area contributed by atoms with E-state index in [1.807, 2.05) is 11.0 Å². The second-order valence-electron chi connectivity index (χ2n) is 10.6. The third kappa shape index (κ3) is 4.79. The van der Waals surface area contributed by atoms with Crippen molar-refractivity contribution in [3.8, 4) is 0 Å². The average Bonchev–Trinajstić information content (AvgIpc) is 3.06. The molecule has 1 aromatic rings. The standard InChI is InChI=1S/C26H36F3N5O/c1-19(16-31-22(30)26(27,28)29)33-18-24(34(23(33)35)17-20-8-7-9-20)12-14-25(15-13-24,32(2)3)21-10-5-4-6-11-21/h4-6,10-11,16,20H,7-9,12-15,17-18H2,1-3H3,(H2,30,31)/b19-16+. The van der Waals surface area contributed by atoms with Gasteiger partial charge in [0, 0.05) is 24.0 Å². The number of allylic oxidation sites excluding steroid dienone is 1. The van der Waals surface area contributed by atoms with Gasteiger partial charge in [-0.2, -0.15) is 13.2 Å². The highest BCUT2D eigenvalue weighted by Crippen LogP contribution is 2.50. The molecule has 3 fully saturated rings. The molecule has 9 heteroatoms. The highest BCUT2D eigenvalue weighted by Gasteiger charge is 2.55. The molecule has 1 spiro atoms. The zero-order valence-electron chi connectivity index (χ0n) is 20.8. The zero-order chi connectivity index (χ0) is 25.4. The van der Waals surface area contributed by atoms with E-state index in [-0.39, 0.29) is 17.1 Å². The Morgan fingerprint density at radius 2 is 1.80 bits per heavy atom. The third-order valence-electron chi connectivity index (χ3n) is 8.43. The summed E-state index contributed by atoms with van der Waals surface area (Å²) in [5.74, 6) is -0.922. The van der Waals surface area contributed by atoms with E-state index in [0.29, 0.717) is 24.7 Å². The topological polar surface area (TPSA) is 65.2 Å². The van der Waals surface area contributed by atoms with Crippen molar-refractivity contribution in [3.63, 3.8) is 0 Å². The summed E-state index contributed by atoms with van der Waals surface area (Å²) in [7, 11) is 4.22. The molecule has 1 aromatic carbocycles. The summed E-state index contributed by atoms with van der Waals surface area (Å²) in [6.07, 6.45) is 3.25. The number of halogens is 3. The average molecular weight is 492 g/mol. The Morgan fingerprint density at radius 3 is 2.31 bits per heavy atom. The number of benzene rings is 1. The fourth-order valence-corrected chi connectivity index (χ4v) is 5.88. The molecule has 6 nitrogen and oxygen atoms in total. The summed E-state index contributed by atoms with van der Waals surface area (Å²) in [6, 6.07) is 10.4. The smallest absolute Gasteiger partial charge is 0.380 e. The molecule has 1 saturated heterocycles. The molecule has 1 heterocycles. The van der Waals surface area contributed by atoms with E-state index in [4.69, 9.17) is 5.73 Å². The van der Waals surface area contributed by atoms with Gasteiger partial charge >= 0.3 is 12.2 Å². The Bertz CT molecular complexity index is 976. The molecule has 192 valence electrons. The highest BCUT2D eigenvalue weighted by atomic mass is 19.4. The first kappa shape index (κ1) is 25.5. The molecule has 2 saturated carbocycles. The number of nitrogens with zero attached hydrogens (tertiary/aromatic N) is 4. The Labute approximate surface area is 205 Å². The van der Waals surface area contributed by atoms with Crippen molar-refractivity contribution >= 4 is 11.9 Å². The lowest BCUT2D eigenvalue weighted by molar-refractivity contribution is -0.0598. The van der Waals surface area contributed by atoms with E-state index in [2.05, 4.69) is 48.3 Å². The van der Waals surface area contributed by atoms with E-state index in [1.54, 1.807) is 11.8 Å². The van der Waals surface area contributed by atoms with Gasteiger partial charge in [-0.1, -0.05) is 36.8 Å². The van der Waals surface area contributed by atoms with Crippen LogP contribution >= 0.6 is 0 Å². The number of amidine groups is 1. The lowest BCUT2D eigenvalue weighted by Crippen LogP contribution is -2.56. The number of aliphatic imine (C=N–C) groups is 1. The fourth-order valence-electron chi connectivity index (χ4n) is 5.88. The molecule has 35 heavy (non-hydrogen) atoms. The maximum Gasteiger partial charge on any atom is 0.448 e. The van der Waals surface area contributed by atoms with Crippen LogP contribution in [0.3, 0.4) is 0 Å². The SMILES string of the molecule is C/C(=C\N=C(/N)C(F)(F)F)N1CC2(CCC(c3ccccc3)(N(C)C)CC2)N(CC2CCC2)C1=O. The van der Waals surface area contributed by atoms with E-state index in [9.17, 15) is 18.0 Å². The fraction of sp³-hybridized carbons (Fsp3) is 0.615. The van der Waals surface area contributed by atoms with E-state index < -0.39 is 12.0 Å². The van der Waals surface area contributed by atoms with Crippen molar-refractivity contribution in [3.05, 3.63) is 47.8 Å². The maximum atomic E-state index is 13.6. The van der Waals surface area contributed by atoms with Crippen LogP contribution in [0.5, 0.6) is 0 Å². The van der Waals surface area contributed by atoms with E-state index in [0.717, 1.165) is 44.7 Å². The minimum Gasteiger partial charge on any atom is -0.380 e. The third-order valence-corrected chi connectivity index (χ3v) is 8.43. The van der Waals surface area contributed by atoms with Gasteiger partial charge in [0.2, 0.25) is 5.84 Å². The first-order valence-electron chi connectivity index (χ1n) is 12.4. The summed E-state index contributed by atoms with van der Waals surface area (Å²) in [6.45, 7) is 2.79. The van der Waals surface area contributed by atoms with Gasteiger partial charge in [-0.3, -0.25) is 9.80 Å². The van der Waals surface area contributed by atoms with Crippen molar-refractivity contribution in [1.29, 1.82) is 0 Å². The number of alkyl halides is 3. The highest BCUT2D eigenvalue weighted by molar-refractivity contribution is 5.86. The molecule has 2 aliphatic carbocycles. The Kier molecular flexibility index (Phi) is 6.92. The quantitative estimate of drug-likeness (QED) is 0.446. The van der Waals surface area contributed by atoms with Crippen LogP contribution in [0.1, 0.15) is 57.4 Å². The van der Waals surface area contributed by atoms with Crippen LogP contribution in [-0.2, 0) is 5.54 Å². The summed E-state index contributed by atoms with van der Waals surface area (Å²) in [5, 5.41) is 0. The molecule has 3 aliphatic rings. The molecular weight excluding hydrogens is 455 g/mol. The van der Waals surface area contributed by atoms with E-state index >= 15 is 0 Å². The predicted molar refractivity (Wildman–Crippen MR) is 131 cm³/mol. The second kappa shape index (κ2) is 9.48. The largest absolute Gasteiger partial charge is 0.448 e. The number of amides is 2. The Morgan fingerprint density at radius 1 is 1.17 bits per heavy atom. The number of hydrogen-bond acceptors (Lipinski definition) is 3. The number of urea groups is 1. The van der Waals surface area contributed by atoms with Gasteiger partial charge in [-0.05, 0) is 71.0 Å². The van der Waals surface area contributed by atoms with Crippen molar-refractivity contribution < 1.29 is 18.0 Å². The van der Waals surface area contributed by atoms with Gasteiger partial charge in [0.15, 0.2) is 0 Å². The van der Waals surface area contributed by atoms with Crippen LogP contribution < -0.4 is 5.73 Å². The van der Waals surface area contributed by atoms with Crippen LogP contribution in [-0.4, -0.2) is 65.5 Å². The van der Waals surface area contributed by atoms with Crippen molar-refractivity contribution in [2.24, 2.45) is 16.6 Å². The number of hydrogen-bond donors (Lipinski definition) is 1. The minimum atomic E-state index is -4.69. The lowest BCUT2D eigenvalue weighted by atomic mass is 9.68. The Hall–Kier alpha value is -2.55. The van der Waals surface area contributed by atoms with Crippen LogP contribution in [0, 0.1) is 5.92 Å². The van der Waals surface area contributed by atoms with Gasteiger partial charge in [0.1, 0.15) is 0 Å². The molecule has 0 bridgehead atoms. The molecule has 0 aromatic heterocycles. The first-order chi connectivity index (χ1) is 16.5. The van der Waals surface area contributed by atoms with Gasteiger partial charge < -0.3 is 10.6 Å². The second-order valence-corrected chi connectivity index (χ2v) is 10.6. The van der Waals surface area contributed by atoms with Crippen molar-refractivity contribution in [2.45, 2.75) is 69.1 Å². The summed E-state index contributed by atoms with van der Waals surface area (Å²) in [4.78, 5) is 22.9. The van der Waals surface area contributed by atoms with Crippen LogP contribution in [0.15, 0.2) is 47.2 Å². The predicted octanol–water partition coefficient (Wildman–Crippen LogP) is 5.07. The molecule has 1 aliphatic heterocycles. The van der Waals surface area contributed by atoms with Crippen LogP contribution in [0.4, 0.5) is 18.0 Å². The van der Waals surface area contributed by atoms with Gasteiger partial charge in [-0.15, -0.1) is 0 Å². The normalized spacial score (nSPS) is 28.8. The number of carbonyl (C=O) groups is 1. The lowest BCUT2D eigenvalue weighted by Gasteiger charge is -2.51. The Balaban J connectivity index is 1.61. The van der Waals surface area contributed by atoms with Crippen molar-refractivity contribution in [1.82, 2.24) is 14.7 Å². The van der Waals surface area contributed by atoms with E-state index in [1.165, 1.54) is 12.0 Å². The molecular formula is C26H36F3N5O. The zero-order valence-corrected chi connectivity index (χ0v) is 20.8. The first-order valence-corrected chi connectivity index (χ1v) is 12.4. The number of nitrogens with two attached hydrogens (primary N) is 1. The molecule has 2 amide bonds. The molecule has 4 rings (SSSR count). The molecule has 0 radical (unpaired) electrons. The molecule has 0 atom stereocenters. The summed E-state index contributed by atoms with van der Waals surface area (Å²) in [5.41, 5.74) is 6.27. The van der Waals surface area contributed by atoms with Crippen molar-refractivity contribution in [2.75, 3.05) is 27.2 Å². The van der Waals surface area contributed by atoms with Crippen LogP contribution in [0.25, 0.3) is 0 Å². The maximum absolute atomic E-state index is 13.6. The van der Waals surface area contributed by atoms with Crippen LogP contribution in [0.2, 0.25) is 0 Å².